The summed E-state index contributed by atoms with van der Waals surface area (Å²) in [6.45, 7) is 2.03. The van der Waals surface area contributed by atoms with Crippen molar-refractivity contribution in [3.63, 3.8) is 0 Å². The molecule has 0 radical (unpaired) electrons. The van der Waals surface area contributed by atoms with Gasteiger partial charge in [0.25, 0.3) is 0 Å². The molecule has 0 amide bonds. The first-order valence-electron chi connectivity index (χ1n) is 9.70. The number of ether oxygens (including phenoxy) is 2. The molecule has 0 saturated carbocycles. The molecule has 0 aliphatic carbocycles. The predicted octanol–water partition coefficient (Wildman–Crippen LogP) is 5.61. The highest BCUT2D eigenvalue weighted by Gasteiger charge is 2.09. The van der Waals surface area contributed by atoms with Gasteiger partial charge in [-0.2, -0.15) is 5.26 Å². The maximum atomic E-state index is 12.2. The Hall–Kier alpha value is -3.84. The van der Waals surface area contributed by atoms with E-state index in [0.717, 1.165) is 11.1 Å². The van der Waals surface area contributed by atoms with Crippen LogP contribution in [0.25, 0.3) is 11.6 Å². The summed E-state index contributed by atoms with van der Waals surface area (Å²) < 4.78 is 10.8. The van der Waals surface area contributed by atoms with E-state index in [1.165, 1.54) is 5.56 Å². The zero-order valence-corrected chi connectivity index (χ0v) is 17.1. The second kappa shape index (κ2) is 10.1. The van der Waals surface area contributed by atoms with Gasteiger partial charge in [0.1, 0.15) is 11.5 Å². The molecular weight excluding hydrogens is 374 g/mol. The molecule has 0 unspecified atom stereocenters. The highest BCUT2D eigenvalue weighted by molar-refractivity contribution is 5.91. The fourth-order valence-corrected chi connectivity index (χ4v) is 3.06. The lowest BCUT2D eigenvalue weighted by Gasteiger charge is -2.08. The van der Waals surface area contributed by atoms with Crippen molar-refractivity contribution < 1.29 is 14.3 Å². The highest BCUT2D eigenvalue weighted by Crippen LogP contribution is 2.27. The Morgan fingerprint density at radius 1 is 1.03 bits per heavy atom. The lowest BCUT2D eigenvalue weighted by atomic mass is 10.0. The average molecular weight is 397 g/mol. The van der Waals surface area contributed by atoms with E-state index in [1.54, 1.807) is 31.4 Å². The molecule has 0 saturated heterocycles. The molecule has 0 heterocycles. The van der Waals surface area contributed by atoms with Gasteiger partial charge in [0.15, 0.2) is 0 Å². The van der Waals surface area contributed by atoms with Crippen LogP contribution in [0.2, 0.25) is 0 Å². The molecule has 4 heteroatoms. The van der Waals surface area contributed by atoms with Gasteiger partial charge >= 0.3 is 5.97 Å². The Balaban J connectivity index is 1.70. The zero-order valence-electron chi connectivity index (χ0n) is 17.1. The maximum absolute atomic E-state index is 12.2. The van der Waals surface area contributed by atoms with Crippen LogP contribution < -0.4 is 9.47 Å². The van der Waals surface area contributed by atoms with Crippen LogP contribution in [0.5, 0.6) is 11.5 Å². The quantitative estimate of drug-likeness (QED) is 0.225. The Morgan fingerprint density at radius 2 is 1.80 bits per heavy atom. The molecule has 3 rings (SSSR count). The normalized spacial score (nSPS) is 10.9. The average Bonchev–Trinajstić information content (AvgIpc) is 2.77. The summed E-state index contributed by atoms with van der Waals surface area (Å²) in [5.74, 6) is 0.793. The number of methoxy groups -OCH3 is 1. The van der Waals surface area contributed by atoms with Crippen LogP contribution in [0, 0.1) is 18.3 Å². The summed E-state index contributed by atoms with van der Waals surface area (Å²) in [5, 5.41) is 9.61. The molecule has 0 fully saturated rings. The van der Waals surface area contributed by atoms with Crippen LogP contribution in [0.1, 0.15) is 28.7 Å². The van der Waals surface area contributed by atoms with Crippen molar-refractivity contribution in [1.82, 2.24) is 0 Å². The van der Waals surface area contributed by atoms with Crippen LogP contribution >= 0.6 is 0 Å². The molecule has 30 heavy (non-hydrogen) atoms. The number of esters is 1. The zero-order chi connectivity index (χ0) is 21.3. The Kier molecular flexibility index (Phi) is 7.02. The topological polar surface area (TPSA) is 59.3 Å². The van der Waals surface area contributed by atoms with E-state index >= 15 is 0 Å². The van der Waals surface area contributed by atoms with E-state index in [2.05, 4.69) is 6.07 Å². The van der Waals surface area contributed by atoms with Crippen molar-refractivity contribution in [1.29, 1.82) is 5.26 Å². The SMILES string of the molecule is COc1ccccc1/C(C#N)=C\c1cccc(OC(=O)CCc2ccc(C)cc2)c1. The van der Waals surface area contributed by atoms with Crippen molar-refractivity contribution >= 4 is 17.6 Å². The number of nitriles is 1. The van der Waals surface area contributed by atoms with Crippen molar-refractivity contribution in [2.45, 2.75) is 19.8 Å². The molecule has 0 aromatic heterocycles. The number of carbonyl (C=O) groups is 1. The van der Waals surface area contributed by atoms with Crippen LogP contribution in [0.4, 0.5) is 0 Å². The van der Waals surface area contributed by atoms with E-state index in [-0.39, 0.29) is 5.97 Å². The van der Waals surface area contributed by atoms with Crippen LogP contribution in [-0.4, -0.2) is 13.1 Å². The van der Waals surface area contributed by atoms with Gasteiger partial charge in [-0.15, -0.1) is 0 Å². The first-order valence-corrected chi connectivity index (χ1v) is 9.70. The summed E-state index contributed by atoms with van der Waals surface area (Å²) in [6.07, 6.45) is 2.68. The van der Waals surface area contributed by atoms with Crippen LogP contribution in [-0.2, 0) is 11.2 Å². The van der Waals surface area contributed by atoms with Gasteiger partial charge < -0.3 is 9.47 Å². The van der Waals surface area contributed by atoms with Gasteiger partial charge in [-0.1, -0.05) is 54.1 Å². The molecule has 0 spiro atoms. The van der Waals surface area contributed by atoms with Gasteiger partial charge in [-0.05, 0) is 54.8 Å². The molecule has 150 valence electrons. The summed E-state index contributed by atoms with van der Waals surface area (Å²) in [7, 11) is 1.57. The molecule has 0 aliphatic heterocycles. The summed E-state index contributed by atoms with van der Waals surface area (Å²) in [6, 6.07) is 24.8. The number of hydrogen-bond donors (Lipinski definition) is 0. The Labute approximate surface area is 177 Å². The highest BCUT2D eigenvalue weighted by atomic mass is 16.5. The number of hydrogen-bond acceptors (Lipinski definition) is 4. The fraction of sp³-hybridized carbons (Fsp3) is 0.154. The van der Waals surface area contributed by atoms with E-state index in [0.29, 0.717) is 35.5 Å². The van der Waals surface area contributed by atoms with E-state index in [1.807, 2.05) is 61.5 Å². The van der Waals surface area contributed by atoms with Gasteiger partial charge in [0.2, 0.25) is 0 Å². The molecular formula is C26H23NO3. The van der Waals surface area contributed by atoms with E-state index in [4.69, 9.17) is 9.47 Å². The lowest BCUT2D eigenvalue weighted by Crippen LogP contribution is -2.09. The first-order chi connectivity index (χ1) is 14.6. The molecule has 0 bridgehead atoms. The first kappa shape index (κ1) is 20.9. The number of allylic oxidation sites excluding steroid dienone is 1. The molecule has 0 N–H and O–H groups in total. The molecule has 3 aromatic carbocycles. The maximum Gasteiger partial charge on any atom is 0.311 e. The van der Waals surface area contributed by atoms with E-state index in [9.17, 15) is 10.1 Å². The molecule has 0 aliphatic rings. The van der Waals surface area contributed by atoms with Crippen molar-refractivity contribution in [3.8, 4) is 17.6 Å². The van der Waals surface area contributed by atoms with Crippen LogP contribution in [0.3, 0.4) is 0 Å². The second-order valence-corrected chi connectivity index (χ2v) is 6.90. The number of para-hydroxylation sites is 1. The largest absolute Gasteiger partial charge is 0.496 e. The third-order valence-electron chi connectivity index (χ3n) is 4.66. The Bertz CT molecular complexity index is 1090. The fourth-order valence-electron chi connectivity index (χ4n) is 3.06. The van der Waals surface area contributed by atoms with Gasteiger partial charge in [-0.25, -0.2) is 0 Å². The summed E-state index contributed by atoms with van der Waals surface area (Å²) in [4.78, 5) is 12.2. The van der Waals surface area contributed by atoms with Gasteiger partial charge in [0, 0.05) is 12.0 Å². The van der Waals surface area contributed by atoms with E-state index < -0.39 is 0 Å². The standard InChI is InChI=1S/C26H23NO3/c1-19-10-12-20(13-11-19)14-15-26(28)30-23-7-5-6-21(17-23)16-22(18-27)24-8-3-4-9-25(24)29-2/h3-13,16-17H,14-15H2,1-2H3/b22-16-. The molecule has 0 atom stereocenters. The van der Waals surface area contributed by atoms with Crippen LogP contribution in [0.15, 0.2) is 72.8 Å². The minimum Gasteiger partial charge on any atom is -0.496 e. The lowest BCUT2D eigenvalue weighted by molar-refractivity contribution is -0.134. The summed E-state index contributed by atoms with van der Waals surface area (Å²) in [5.41, 5.74) is 4.24. The van der Waals surface area contributed by atoms with Crippen molar-refractivity contribution in [2.75, 3.05) is 7.11 Å². The minimum atomic E-state index is -0.290. The minimum absolute atomic E-state index is 0.290. The second-order valence-electron chi connectivity index (χ2n) is 6.90. The van der Waals surface area contributed by atoms with Crippen molar-refractivity contribution in [3.05, 3.63) is 95.1 Å². The monoisotopic (exact) mass is 397 g/mol. The van der Waals surface area contributed by atoms with Gasteiger partial charge in [-0.3, -0.25) is 4.79 Å². The predicted molar refractivity (Wildman–Crippen MR) is 118 cm³/mol. The molecule has 4 nitrogen and oxygen atoms in total. The third-order valence-corrected chi connectivity index (χ3v) is 4.66. The third kappa shape index (κ3) is 5.59. The van der Waals surface area contributed by atoms with Gasteiger partial charge in [0.05, 0.1) is 18.8 Å². The number of benzene rings is 3. The number of carbonyl (C=O) groups excluding carboxylic acids is 1. The summed E-state index contributed by atoms with van der Waals surface area (Å²) >= 11 is 0. The Morgan fingerprint density at radius 3 is 2.53 bits per heavy atom. The smallest absolute Gasteiger partial charge is 0.311 e. The molecule has 3 aromatic rings. The number of aryl methyl sites for hydroxylation is 2. The number of nitrogens with zero attached hydrogens (tertiary/aromatic N) is 1. The number of rotatable bonds is 7. The van der Waals surface area contributed by atoms with Crippen molar-refractivity contribution in [2.24, 2.45) is 0 Å².